The van der Waals surface area contributed by atoms with Gasteiger partial charge < -0.3 is 14.8 Å². The van der Waals surface area contributed by atoms with E-state index < -0.39 is 5.41 Å². The Balaban J connectivity index is 1.38. The standard InChI is InChI=1S/C22H24N6O3/c1-15-19(31-17-6-9-23-18(10-17)16-11-25-28(2)12-16)4-5-20(26-15)27-21(30)24-13-22(14-29)7-3-8-22/h4-6,9-12,14H,3,7-8,13H2,1-2H3,(H2,24,26,27,30). The second kappa shape index (κ2) is 8.55. The van der Waals surface area contributed by atoms with Gasteiger partial charge in [-0.1, -0.05) is 6.42 Å². The zero-order valence-electron chi connectivity index (χ0n) is 17.5. The number of aldehydes is 1. The molecule has 0 saturated heterocycles. The van der Waals surface area contributed by atoms with E-state index in [9.17, 15) is 9.59 Å². The predicted octanol–water partition coefficient (Wildman–Crippen LogP) is 3.47. The van der Waals surface area contributed by atoms with Crippen LogP contribution in [0.25, 0.3) is 11.3 Å². The van der Waals surface area contributed by atoms with Crippen molar-refractivity contribution in [2.75, 3.05) is 11.9 Å². The lowest BCUT2D eigenvalue weighted by Crippen LogP contribution is -2.44. The average Bonchev–Trinajstić information content (AvgIpc) is 3.16. The van der Waals surface area contributed by atoms with E-state index in [1.165, 1.54) is 0 Å². The summed E-state index contributed by atoms with van der Waals surface area (Å²) < 4.78 is 7.68. The lowest BCUT2D eigenvalue weighted by atomic mass is 9.70. The summed E-state index contributed by atoms with van der Waals surface area (Å²) in [6, 6.07) is 6.64. The van der Waals surface area contributed by atoms with E-state index in [1.54, 1.807) is 42.2 Å². The largest absolute Gasteiger partial charge is 0.455 e. The minimum atomic E-state index is -0.405. The molecule has 0 atom stereocenters. The molecule has 3 heterocycles. The van der Waals surface area contributed by atoms with Crippen LogP contribution in [0.15, 0.2) is 42.9 Å². The van der Waals surface area contributed by atoms with E-state index in [0.717, 1.165) is 36.8 Å². The fraction of sp³-hybridized carbons (Fsp3) is 0.318. The number of carbonyl (C=O) groups excluding carboxylic acids is 2. The molecular weight excluding hydrogens is 396 g/mol. The number of rotatable bonds is 7. The molecule has 1 saturated carbocycles. The van der Waals surface area contributed by atoms with Crippen molar-refractivity contribution in [3.8, 4) is 22.8 Å². The third kappa shape index (κ3) is 4.71. The smallest absolute Gasteiger partial charge is 0.320 e. The van der Waals surface area contributed by atoms with Crippen LogP contribution in [-0.4, -0.2) is 38.6 Å². The van der Waals surface area contributed by atoms with Gasteiger partial charge in [-0.25, -0.2) is 9.78 Å². The summed E-state index contributed by atoms with van der Waals surface area (Å²) in [5.41, 5.74) is 1.87. The Labute approximate surface area is 179 Å². The molecule has 0 aliphatic heterocycles. The molecule has 4 rings (SSSR count). The topological polar surface area (TPSA) is 111 Å². The van der Waals surface area contributed by atoms with Crippen molar-refractivity contribution in [2.45, 2.75) is 26.2 Å². The fourth-order valence-corrected chi connectivity index (χ4v) is 3.42. The molecule has 1 aliphatic carbocycles. The van der Waals surface area contributed by atoms with Crippen LogP contribution < -0.4 is 15.4 Å². The maximum Gasteiger partial charge on any atom is 0.320 e. The molecule has 0 aromatic carbocycles. The Morgan fingerprint density at radius 2 is 2.16 bits per heavy atom. The summed E-state index contributed by atoms with van der Waals surface area (Å²) in [6.07, 6.45) is 8.90. The second-order valence-corrected chi connectivity index (χ2v) is 7.80. The predicted molar refractivity (Wildman–Crippen MR) is 115 cm³/mol. The summed E-state index contributed by atoms with van der Waals surface area (Å²) in [4.78, 5) is 32.1. The van der Waals surface area contributed by atoms with Gasteiger partial charge in [0.1, 0.15) is 23.6 Å². The minimum absolute atomic E-state index is 0.337. The first kappa shape index (κ1) is 20.5. The average molecular weight is 420 g/mol. The van der Waals surface area contributed by atoms with Gasteiger partial charge in [-0.05, 0) is 38.0 Å². The number of anilines is 1. The molecule has 9 nitrogen and oxygen atoms in total. The van der Waals surface area contributed by atoms with E-state index in [0.29, 0.717) is 29.6 Å². The highest BCUT2D eigenvalue weighted by molar-refractivity contribution is 5.88. The van der Waals surface area contributed by atoms with Gasteiger partial charge in [0, 0.05) is 43.0 Å². The van der Waals surface area contributed by atoms with Crippen molar-refractivity contribution in [1.82, 2.24) is 25.1 Å². The molecule has 0 bridgehead atoms. The van der Waals surface area contributed by atoms with Crippen molar-refractivity contribution < 1.29 is 14.3 Å². The normalized spacial score (nSPS) is 14.4. The number of hydrogen-bond acceptors (Lipinski definition) is 6. The molecule has 2 amide bonds. The number of urea groups is 1. The van der Waals surface area contributed by atoms with Crippen LogP contribution in [0.3, 0.4) is 0 Å². The Kier molecular flexibility index (Phi) is 5.66. The van der Waals surface area contributed by atoms with Gasteiger partial charge in [-0.2, -0.15) is 5.10 Å². The Hall–Kier alpha value is -3.75. The van der Waals surface area contributed by atoms with Crippen molar-refractivity contribution in [3.63, 3.8) is 0 Å². The van der Waals surface area contributed by atoms with Gasteiger partial charge in [0.2, 0.25) is 0 Å². The second-order valence-electron chi connectivity index (χ2n) is 7.80. The van der Waals surface area contributed by atoms with Gasteiger partial charge in [0.15, 0.2) is 0 Å². The first-order valence-electron chi connectivity index (χ1n) is 10.1. The van der Waals surface area contributed by atoms with E-state index in [-0.39, 0.29) is 6.03 Å². The quantitative estimate of drug-likeness (QED) is 0.566. The third-order valence-corrected chi connectivity index (χ3v) is 5.44. The summed E-state index contributed by atoms with van der Waals surface area (Å²) in [5, 5.41) is 9.62. The lowest BCUT2D eigenvalue weighted by molar-refractivity contribution is -0.119. The highest BCUT2D eigenvalue weighted by Gasteiger charge is 2.36. The number of aryl methyl sites for hydroxylation is 2. The van der Waals surface area contributed by atoms with Gasteiger partial charge >= 0.3 is 6.03 Å². The number of pyridine rings is 2. The first-order chi connectivity index (χ1) is 15.0. The maximum atomic E-state index is 12.2. The molecule has 160 valence electrons. The van der Waals surface area contributed by atoms with Crippen molar-refractivity contribution in [3.05, 3.63) is 48.5 Å². The maximum absolute atomic E-state index is 12.2. The van der Waals surface area contributed by atoms with Crippen molar-refractivity contribution >= 4 is 18.1 Å². The van der Waals surface area contributed by atoms with Gasteiger partial charge in [-0.3, -0.25) is 15.0 Å². The summed E-state index contributed by atoms with van der Waals surface area (Å²) in [5.74, 6) is 1.60. The number of carbonyl (C=O) groups is 2. The van der Waals surface area contributed by atoms with E-state index >= 15 is 0 Å². The van der Waals surface area contributed by atoms with Crippen molar-refractivity contribution in [1.29, 1.82) is 0 Å². The molecule has 3 aromatic rings. The van der Waals surface area contributed by atoms with Crippen LogP contribution in [0.5, 0.6) is 11.5 Å². The zero-order chi connectivity index (χ0) is 21.8. The van der Waals surface area contributed by atoms with E-state index in [1.807, 2.05) is 19.3 Å². The van der Waals surface area contributed by atoms with Gasteiger partial charge in [0.25, 0.3) is 0 Å². The number of hydrogen-bond donors (Lipinski definition) is 2. The molecule has 1 fully saturated rings. The SMILES string of the molecule is Cc1nc(NC(=O)NCC2(C=O)CCC2)ccc1Oc1ccnc(-c2cnn(C)c2)c1. The Bertz CT molecular complexity index is 1110. The molecule has 0 radical (unpaired) electrons. The summed E-state index contributed by atoms with van der Waals surface area (Å²) in [7, 11) is 1.85. The first-order valence-corrected chi connectivity index (χ1v) is 10.1. The number of amides is 2. The third-order valence-electron chi connectivity index (χ3n) is 5.44. The molecule has 1 aliphatic rings. The van der Waals surface area contributed by atoms with Gasteiger partial charge in [0.05, 0.1) is 17.6 Å². The van der Waals surface area contributed by atoms with E-state index in [2.05, 4.69) is 25.7 Å². The molecule has 31 heavy (non-hydrogen) atoms. The highest BCUT2D eigenvalue weighted by atomic mass is 16.5. The van der Waals surface area contributed by atoms with Crippen LogP contribution >= 0.6 is 0 Å². The molecule has 0 unspecified atom stereocenters. The van der Waals surface area contributed by atoms with E-state index in [4.69, 9.17) is 4.74 Å². The minimum Gasteiger partial charge on any atom is -0.455 e. The van der Waals surface area contributed by atoms with Crippen LogP contribution in [0.1, 0.15) is 25.0 Å². The van der Waals surface area contributed by atoms with Crippen molar-refractivity contribution in [2.24, 2.45) is 12.5 Å². The van der Waals surface area contributed by atoms with Crippen LogP contribution in [-0.2, 0) is 11.8 Å². The number of aromatic nitrogens is 4. The molecule has 3 aromatic heterocycles. The fourth-order valence-electron chi connectivity index (χ4n) is 3.42. The number of nitrogens with zero attached hydrogens (tertiary/aromatic N) is 4. The Morgan fingerprint density at radius 3 is 2.81 bits per heavy atom. The Morgan fingerprint density at radius 1 is 1.32 bits per heavy atom. The van der Waals surface area contributed by atoms with Crippen LogP contribution in [0.2, 0.25) is 0 Å². The zero-order valence-corrected chi connectivity index (χ0v) is 17.5. The monoisotopic (exact) mass is 420 g/mol. The van der Waals surface area contributed by atoms with Crippen LogP contribution in [0, 0.1) is 12.3 Å². The molecule has 2 N–H and O–H groups in total. The number of nitrogens with one attached hydrogen (secondary N) is 2. The lowest BCUT2D eigenvalue weighted by Gasteiger charge is -2.36. The molecular formula is C22H24N6O3. The summed E-state index contributed by atoms with van der Waals surface area (Å²) >= 11 is 0. The number of ether oxygens (including phenoxy) is 1. The van der Waals surface area contributed by atoms with Crippen LogP contribution in [0.4, 0.5) is 10.6 Å². The summed E-state index contributed by atoms with van der Waals surface area (Å²) in [6.45, 7) is 2.14. The molecule has 0 spiro atoms. The molecule has 9 heteroatoms. The highest BCUT2D eigenvalue weighted by Crippen LogP contribution is 2.38. The van der Waals surface area contributed by atoms with Gasteiger partial charge in [-0.15, -0.1) is 0 Å².